The van der Waals surface area contributed by atoms with Crippen LogP contribution in [0.4, 0.5) is 4.79 Å². The molecule has 1 aliphatic rings. The van der Waals surface area contributed by atoms with Gasteiger partial charge >= 0.3 is 6.09 Å². The van der Waals surface area contributed by atoms with Gasteiger partial charge in [-0.25, -0.2) is 4.79 Å². The van der Waals surface area contributed by atoms with Crippen LogP contribution < -0.4 is 27.0 Å². The zero-order valence-corrected chi connectivity index (χ0v) is 26.6. The molecule has 0 saturated carbocycles. The van der Waals surface area contributed by atoms with Gasteiger partial charge < -0.3 is 36.8 Å². The third-order valence-corrected chi connectivity index (χ3v) is 8.18. The van der Waals surface area contributed by atoms with Gasteiger partial charge in [-0.1, -0.05) is 68.8 Å². The highest BCUT2D eigenvalue weighted by Crippen LogP contribution is 2.44. The maximum Gasteiger partial charge on any atom is 0.407 e. The van der Waals surface area contributed by atoms with Gasteiger partial charge in [-0.2, -0.15) is 0 Å². The van der Waals surface area contributed by atoms with Crippen molar-refractivity contribution in [1.29, 1.82) is 0 Å². The van der Waals surface area contributed by atoms with Crippen LogP contribution in [0.1, 0.15) is 64.0 Å². The number of hydrogen-bond donors (Lipinski definition) is 6. The van der Waals surface area contributed by atoms with Gasteiger partial charge in [-0.05, 0) is 54.9 Å². The predicted molar refractivity (Wildman–Crippen MR) is 172 cm³/mol. The van der Waals surface area contributed by atoms with Crippen LogP contribution in [-0.2, 0) is 19.1 Å². The maximum atomic E-state index is 13.6. The first-order chi connectivity index (χ1) is 21.5. The third kappa shape index (κ3) is 9.27. The van der Waals surface area contributed by atoms with Crippen molar-refractivity contribution in [3.8, 4) is 11.1 Å². The number of rotatable bonds is 15. The standard InChI is InChI=1S/C33H46N6O6/c1-6-19(2)28(31(43)39-29(20(3)40)21(4)41)38-30(42)27(16-11-17-36-32(34)35-5)37-33(44)45-18-26-24-14-9-7-12-22(24)23-13-8-10-15-25(23)26/h7-10,12-15,19-20,26-29,40H,6,11,16-18H2,1-5H3,(H,37,44)(H,38,42)(H,39,43)(H3,34,35,36)/t19-,20-,27+,28-,29-/m0/s1. The maximum absolute atomic E-state index is 13.6. The molecule has 12 nitrogen and oxygen atoms in total. The van der Waals surface area contributed by atoms with E-state index in [1.54, 1.807) is 14.0 Å². The molecular formula is C33H46N6O6. The van der Waals surface area contributed by atoms with Crippen molar-refractivity contribution in [2.24, 2.45) is 16.6 Å². The molecule has 3 amide bonds. The van der Waals surface area contributed by atoms with Crippen molar-refractivity contribution < 1.29 is 29.0 Å². The number of amides is 3. The fraction of sp³-hybridized carbons (Fsp3) is 0.485. The fourth-order valence-electron chi connectivity index (χ4n) is 5.41. The molecule has 244 valence electrons. The molecule has 7 N–H and O–H groups in total. The van der Waals surface area contributed by atoms with E-state index in [1.165, 1.54) is 13.8 Å². The molecule has 0 spiro atoms. The van der Waals surface area contributed by atoms with Crippen LogP contribution in [0.2, 0.25) is 0 Å². The number of ketones is 1. The number of aliphatic imine (C=N–C) groups is 1. The summed E-state index contributed by atoms with van der Waals surface area (Å²) < 4.78 is 5.68. The zero-order valence-electron chi connectivity index (χ0n) is 26.6. The van der Waals surface area contributed by atoms with E-state index in [-0.39, 0.29) is 30.8 Å². The molecule has 3 rings (SSSR count). The van der Waals surface area contributed by atoms with Gasteiger partial charge in [0.2, 0.25) is 11.8 Å². The molecule has 0 fully saturated rings. The van der Waals surface area contributed by atoms with Crippen molar-refractivity contribution >= 4 is 29.7 Å². The number of nitrogens with two attached hydrogens (primary N) is 1. The minimum atomic E-state index is -1.12. The first-order valence-electron chi connectivity index (χ1n) is 15.3. The molecular weight excluding hydrogens is 576 g/mol. The molecule has 0 unspecified atom stereocenters. The molecule has 2 aromatic carbocycles. The molecule has 45 heavy (non-hydrogen) atoms. The number of Topliss-reactive ketones (excluding diaryl/α,β-unsaturated/α-hetero) is 1. The van der Waals surface area contributed by atoms with Gasteiger partial charge in [0.25, 0.3) is 0 Å². The predicted octanol–water partition coefficient (Wildman–Crippen LogP) is 2.19. The second-order valence-electron chi connectivity index (χ2n) is 11.4. The van der Waals surface area contributed by atoms with Gasteiger partial charge in [0.1, 0.15) is 24.7 Å². The minimum absolute atomic E-state index is 0.0724. The van der Waals surface area contributed by atoms with Crippen LogP contribution in [0.3, 0.4) is 0 Å². The van der Waals surface area contributed by atoms with Crippen molar-refractivity contribution in [2.75, 3.05) is 20.2 Å². The number of guanidine groups is 1. The second-order valence-corrected chi connectivity index (χ2v) is 11.4. The van der Waals surface area contributed by atoms with Gasteiger partial charge in [-0.15, -0.1) is 0 Å². The molecule has 0 aromatic heterocycles. The molecule has 0 radical (unpaired) electrons. The van der Waals surface area contributed by atoms with Crippen LogP contribution in [0, 0.1) is 5.92 Å². The number of nitrogens with one attached hydrogen (secondary N) is 4. The van der Waals surface area contributed by atoms with Gasteiger partial charge in [0.05, 0.1) is 6.10 Å². The number of carbonyl (C=O) groups is 4. The van der Waals surface area contributed by atoms with E-state index in [2.05, 4.69) is 26.3 Å². The molecule has 0 aliphatic heterocycles. The highest BCUT2D eigenvalue weighted by Gasteiger charge is 2.33. The van der Waals surface area contributed by atoms with Crippen LogP contribution >= 0.6 is 0 Å². The summed E-state index contributed by atoms with van der Waals surface area (Å²) >= 11 is 0. The lowest BCUT2D eigenvalue weighted by Gasteiger charge is -2.28. The lowest BCUT2D eigenvalue weighted by Crippen LogP contribution is -2.59. The Bertz CT molecular complexity index is 1330. The first-order valence-corrected chi connectivity index (χ1v) is 15.3. The van der Waals surface area contributed by atoms with Crippen molar-refractivity contribution in [2.45, 2.75) is 77.1 Å². The molecule has 0 saturated heterocycles. The molecule has 1 aliphatic carbocycles. The van der Waals surface area contributed by atoms with E-state index in [4.69, 9.17) is 10.5 Å². The number of carbonyl (C=O) groups excluding carboxylic acids is 4. The van der Waals surface area contributed by atoms with E-state index < -0.39 is 47.9 Å². The molecule has 0 bridgehead atoms. The normalized spacial score (nSPS) is 15.8. The summed E-state index contributed by atoms with van der Waals surface area (Å²) in [4.78, 5) is 55.8. The highest BCUT2D eigenvalue weighted by molar-refractivity contribution is 5.94. The lowest BCUT2D eigenvalue weighted by atomic mass is 9.96. The number of nitrogens with zero attached hydrogens (tertiary/aromatic N) is 1. The van der Waals surface area contributed by atoms with Crippen LogP contribution in [0.5, 0.6) is 0 Å². The zero-order chi connectivity index (χ0) is 33.1. The number of aliphatic hydroxyl groups excluding tert-OH is 1. The van der Waals surface area contributed by atoms with E-state index in [1.807, 2.05) is 55.5 Å². The molecule has 12 heteroatoms. The van der Waals surface area contributed by atoms with Crippen molar-refractivity contribution in [3.05, 3.63) is 59.7 Å². The Morgan fingerprint density at radius 2 is 1.51 bits per heavy atom. The van der Waals surface area contributed by atoms with E-state index in [0.29, 0.717) is 19.4 Å². The van der Waals surface area contributed by atoms with Crippen LogP contribution in [0.15, 0.2) is 53.5 Å². The number of alkyl carbamates (subject to hydrolysis) is 1. The Morgan fingerprint density at radius 1 is 0.933 bits per heavy atom. The van der Waals surface area contributed by atoms with Crippen molar-refractivity contribution in [1.82, 2.24) is 21.3 Å². The monoisotopic (exact) mass is 622 g/mol. The molecule has 0 heterocycles. The Balaban J connectivity index is 1.73. The molecule has 2 aromatic rings. The van der Waals surface area contributed by atoms with Crippen LogP contribution in [0.25, 0.3) is 11.1 Å². The number of fused-ring (bicyclic) bond motifs is 3. The summed E-state index contributed by atoms with van der Waals surface area (Å²) in [5.41, 5.74) is 10.0. The summed E-state index contributed by atoms with van der Waals surface area (Å²) in [6, 6.07) is 12.8. The summed E-state index contributed by atoms with van der Waals surface area (Å²) in [5, 5.41) is 20.9. The largest absolute Gasteiger partial charge is 0.449 e. The Hall–Kier alpha value is -4.45. The topological polar surface area (TPSA) is 184 Å². The Kier molecular flexibility index (Phi) is 12.9. The lowest BCUT2D eigenvalue weighted by molar-refractivity contribution is -0.134. The fourth-order valence-corrected chi connectivity index (χ4v) is 5.41. The average Bonchev–Trinajstić information content (AvgIpc) is 3.35. The smallest absolute Gasteiger partial charge is 0.407 e. The third-order valence-electron chi connectivity index (χ3n) is 8.18. The Labute approximate surface area is 264 Å². The highest BCUT2D eigenvalue weighted by atomic mass is 16.5. The van der Waals surface area contributed by atoms with Crippen molar-refractivity contribution in [3.63, 3.8) is 0 Å². The van der Waals surface area contributed by atoms with Gasteiger partial charge in [-0.3, -0.25) is 19.4 Å². The minimum Gasteiger partial charge on any atom is -0.449 e. The Morgan fingerprint density at radius 3 is 2.04 bits per heavy atom. The van der Waals surface area contributed by atoms with Gasteiger partial charge in [0, 0.05) is 19.5 Å². The number of hydrogen-bond acceptors (Lipinski definition) is 7. The van der Waals surface area contributed by atoms with E-state index in [9.17, 15) is 24.3 Å². The number of aliphatic hydroxyl groups is 1. The van der Waals surface area contributed by atoms with E-state index in [0.717, 1.165) is 22.3 Å². The summed E-state index contributed by atoms with van der Waals surface area (Å²) in [6.07, 6.45) is -0.697. The first kappa shape index (κ1) is 35.0. The quantitative estimate of drug-likeness (QED) is 0.0992. The molecule has 5 atom stereocenters. The average molecular weight is 623 g/mol. The number of ether oxygens (including phenoxy) is 1. The second kappa shape index (κ2) is 16.6. The summed E-state index contributed by atoms with van der Waals surface area (Å²) in [7, 11) is 1.55. The van der Waals surface area contributed by atoms with Crippen LogP contribution in [-0.4, -0.2) is 79.2 Å². The van der Waals surface area contributed by atoms with E-state index >= 15 is 0 Å². The SMILES string of the molecule is CC[C@H](C)[C@H](NC(=O)[C@@H](CCCNC(N)=NC)NC(=O)OCC1c2ccccc2-c2ccccc21)C(=O)N[C@H](C(C)=O)[C@H](C)O. The summed E-state index contributed by atoms with van der Waals surface area (Å²) in [5.74, 6) is -1.83. The van der Waals surface area contributed by atoms with Gasteiger partial charge in [0.15, 0.2) is 11.7 Å². The summed E-state index contributed by atoms with van der Waals surface area (Å²) in [6.45, 7) is 6.80. The number of benzene rings is 2.